The molecule has 0 saturated heterocycles. The first-order chi connectivity index (χ1) is 16.9. The number of benzene rings is 3. The summed E-state index contributed by atoms with van der Waals surface area (Å²) in [4.78, 5) is 28.7. The van der Waals surface area contributed by atoms with Crippen LogP contribution >= 0.6 is 15.9 Å². The van der Waals surface area contributed by atoms with Gasteiger partial charge in [0.1, 0.15) is 11.8 Å². The number of ether oxygens (including phenoxy) is 1. The fourth-order valence-corrected chi connectivity index (χ4v) is 3.91. The maximum atomic E-state index is 13.6. The van der Waals surface area contributed by atoms with Crippen molar-refractivity contribution in [3.8, 4) is 5.75 Å². The number of hydrogen-bond donors (Lipinski definition) is 1. The van der Waals surface area contributed by atoms with Crippen LogP contribution in [0.2, 0.25) is 0 Å². The third-order valence-electron chi connectivity index (χ3n) is 5.92. The van der Waals surface area contributed by atoms with E-state index in [1.807, 2.05) is 99.6 Å². The number of rotatable bonds is 11. The molecule has 0 aliphatic rings. The molecule has 2 amide bonds. The average Bonchev–Trinajstić information content (AvgIpc) is 2.87. The lowest BCUT2D eigenvalue weighted by molar-refractivity contribution is -0.143. The molecule has 0 heterocycles. The minimum absolute atomic E-state index is 0.00853. The number of carbonyl (C=O) groups is 2. The second kappa shape index (κ2) is 13.1. The minimum atomic E-state index is -0.677. The summed E-state index contributed by atoms with van der Waals surface area (Å²) in [5, 5.41) is 3.08. The van der Waals surface area contributed by atoms with E-state index in [2.05, 4.69) is 21.2 Å². The molecule has 0 fully saturated rings. The Morgan fingerprint density at radius 3 is 2.23 bits per heavy atom. The van der Waals surface area contributed by atoms with Crippen molar-refractivity contribution in [2.75, 3.05) is 6.61 Å². The van der Waals surface area contributed by atoms with Crippen molar-refractivity contribution in [3.05, 3.63) is 100 Å². The van der Waals surface area contributed by atoms with Gasteiger partial charge >= 0.3 is 0 Å². The van der Waals surface area contributed by atoms with E-state index in [4.69, 9.17) is 4.74 Å². The fourth-order valence-electron chi connectivity index (χ4n) is 3.64. The van der Waals surface area contributed by atoms with Crippen LogP contribution in [-0.4, -0.2) is 35.4 Å². The lowest BCUT2D eigenvalue weighted by Gasteiger charge is -2.32. The molecule has 35 heavy (non-hydrogen) atoms. The molecule has 184 valence electrons. The third-order valence-corrected chi connectivity index (χ3v) is 6.45. The molecule has 3 aromatic rings. The molecular weight excluding hydrogens is 504 g/mol. The lowest BCUT2D eigenvalue weighted by Crippen LogP contribution is -2.53. The second-order valence-corrected chi connectivity index (χ2v) is 9.69. The number of carbonyl (C=O) groups excluding carboxylic acids is 2. The van der Waals surface area contributed by atoms with E-state index in [0.29, 0.717) is 18.7 Å². The molecule has 0 aromatic heterocycles. The average molecular weight is 537 g/mol. The van der Waals surface area contributed by atoms with Gasteiger partial charge in [0.05, 0.1) is 0 Å². The SMILES string of the molecule is CC[C@@H](C)NC(=O)[C@@H](Cc1ccccc1)N(Cc1ccc(Br)cc1)C(=O)COc1ccc(C)cc1. The van der Waals surface area contributed by atoms with Crippen LogP contribution in [0.4, 0.5) is 0 Å². The molecule has 6 heteroatoms. The number of amides is 2. The van der Waals surface area contributed by atoms with Crippen LogP contribution in [0, 0.1) is 6.92 Å². The van der Waals surface area contributed by atoms with Crippen LogP contribution in [-0.2, 0) is 22.6 Å². The number of aryl methyl sites for hydroxylation is 1. The van der Waals surface area contributed by atoms with Crippen molar-refractivity contribution in [1.82, 2.24) is 10.2 Å². The standard InChI is InChI=1S/C29H33BrN2O3/c1-4-22(3)31-29(34)27(18-23-8-6-5-7-9-23)32(19-24-12-14-25(30)15-13-24)28(33)20-35-26-16-10-21(2)11-17-26/h5-17,22,27H,4,18-20H2,1-3H3,(H,31,34)/t22-,27-/m1/s1. The van der Waals surface area contributed by atoms with Gasteiger partial charge in [0.15, 0.2) is 6.61 Å². The molecular formula is C29H33BrN2O3. The summed E-state index contributed by atoms with van der Waals surface area (Å²) < 4.78 is 6.77. The third kappa shape index (κ3) is 8.25. The maximum absolute atomic E-state index is 13.6. The van der Waals surface area contributed by atoms with Crippen LogP contribution in [0.5, 0.6) is 5.75 Å². The van der Waals surface area contributed by atoms with E-state index >= 15 is 0 Å². The first kappa shape index (κ1) is 26.5. The Hall–Kier alpha value is -3.12. The second-order valence-electron chi connectivity index (χ2n) is 8.77. The number of nitrogens with zero attached hydrogens (tertiary/aromatic N) is 1. The van der Waals surface area contributed by atoms with E-state index in [1.165, 1.54) is 0 Å². The molecule has 0 unspecified atom stereocenters. The van der Waals surface area contributed by atoms with Crippen molar-refractivity contribution in [1.29, 1.82) is 0 Å². The van der Waals surface area contributed by atoms with Crippen LogP contribution in [0.15, 0.2) is 83.3 Å². The van der Waals surface area contributed by atoms with Gasteiger partial charge in [0.25, 0.3) is 5.91 Å². The molecule has 0 spiro atoms. The molecule has 3 rings (SSSR count). The van der Waals surface area contributed by atoms with Crippen LogP contribution in [0.25, 0.3) is 0 Å². The summed E-state index contributed by atoms with van der Waals surface area (Å²) in [6.45, 7) is 6.14. The van der Waals surface area contributed by atoms with E-state index in [1.54, 1.807) is 4.90 Å². The Balaban J connectivity index is 1.89. The molecule has 0 radical (unpaired) electrons. The van der Waals surface area contributed by atoms with Gasteiger partial charge in [0.2, 0.25) is 5.91 Å². The molecule has 0 aliphatic carbocycles. The van der Waals surface area contributed by atoms with Crippen molar-refractivity contribution < 1.29 is 14.3 Å². The van der Waals surface area contributed by atoms with Gasteiger partial charge in [0, 0.05) is 23.5 Å². The van der Waals surface area contributed by atoms with E-state index < -0.39 is 6.04 Å². The van der Waals surface area contributed by atoms with Gasteiger partial charge in [-0.1, -0.05) is 83.0 Å². The molecule has 3 aromatic carbocycles. The maximum Gasteiger partial charge on any atom is 0.261 e. The molecule has 2 atom stereocenters. The molecule has 0 aliphatic heterocycles. The number of halogens is 1. The lowest BCUT2D eigenvalue weighted by atomic mass is 10.0. The summed E-state index contributed by atoms with van der Waals surface area (Å²) in [6, 6.07) is 24.5. The summed E-state index contributed by atoms with van der Waals surface area (Å²) in [6.07, 6.45) is 1.22. The first-order valence-corrected chi connectivity index (χ1v) is 12.7. The highest BCUT2D eigenvalue weighted by Crippen LogP contribution is 2.18. The smallest absolute Gasteiger partial charge is 0.261 e. The highest BCUT2D eigenvalue weighted by Gasteiger charge is 2.31. The van der Waals surface area contributed by atoms with Gasteiger partial charge in [-0.05, 0) is 55.7 Å². The van der Waals surface area contributed by atoms with Gasteiger partial charge in [-0.2, -0.15) is 0 Å². The van der Waals surface area contributed by atoms with Crippen molar-refractivity contribution >= 4 is 27.7 Å². The monoisotopic (exact) mass is 536 g/mol. The quantitative estimate of drug-likeness (QED) is 0.342. The number of hydrogen-bond acceptors (Lipinski definition) is 3. The highest BCUT2D eigenvalue weighted by molar-refractivity contribution is 9.10. The van der Waals surface area contributed by atoms with Crippen LogP contribution < -0.4 is 10.1 Å². The zero-order chi connectivity index (χ0) is 25.2. The van der Waals surface area contributed by atoms with Gasteiger partial charge in [-0.15, -0.1) is 0 Å². The Morgan fingerprint density at radius 2 is 1.60 bits per heavy atom. The Morgan fingerprint density at radius 1 is 0.943 bits per heavy atom. The largest absolute Gasteiger partial charge is 0.484 e. The van der Waals surface area contributed by atoms with Gasteiger partial charge in [-0.25, -0.2) is 0 Å². The zero-order valence-electron chi connectivity index (χ0n) is 20.5. The van der Waals surface area contributed by atoms with Crippen LogP contribution in [0.1, 0.15) is 37.0 Å². The normalized spacial score (nSPS) is 12.5. The topological polar surface area (TPSA) is 58.6 Å². The molecule has 5 nitrogen and oxygen atoms in total. The summed E-state index contributed by atoms with van der Waals surface area (Å²) in [5.41, 5.74) is 3.04. The minimum Gasteiger partial charge on any atom is -0.484 e. The molecule has 0 bridgehead atoms. The van der Waals surface area contributed by atoms with E-state index in [9.17, 15) is 9.59 Å². The predicted molar refractivity (Wildman–Crippen MR) is 143 cm³/mol. The molecule has 1 N–H and O–H groups in total. The van der Waals surface area contributed by atoms with Crippen molar-refractivity contribution in [2.45, 2.75) is 52.2 Å². The van der Waals surface area contributed by atoms with E-state index in [-0.39, 0.29) is 24.5 Å². The van der Waals surface area contributed by atoms with Crippen LogP contribution in [0.3, 0.4) is 0 Å². The predicted octanol–water partition coefficient (Wildman–Crippen LogP) is 5.69. The highest BCUT2D eigenvalue weighted by atomic mass is 79.9. The van der Waals surface area contributed by atoms with Crippen molar-refractivity contribution in [3.63, 3.8) is 0 Å². The van der Waals surface area contributed by atoms with E-state index in [0.717, 1.165) is 27.6 Å². The summed E-state index contributed by atoms with van der Waals surface area (Å²) in [7, 11) is 0. The summed E-state index contributed by atoms with van der Waals surface area (Å²) in [5.74, 6) is 0.217. The Kier molecular flexibility index (Phi) is 9.91. The van der Waals surface area contributed by atoms with Gasteiger partial charge in [-0.3, -0.25) is 9.59 Å². The zero-order valence-corrected chi connectivity index (χ0v) is 22.1. The Labute approximate surface area is 216 Å². The summed E-state index contributed by atoms with van der Waals surface area (Å²) >= 11 is 3.46. The first-order valence-electron chi connectivity index (χ1n) is 11.9. The van der Waals surface area contributed by atoms with Crippen molar-refractivity contribution in [2.24, 2.45) is 0 Å². The Bertz CT molecular complexity index is 1090. The molecule has 0 saturated carbocycles. The number of nitrogens with one attached hydrogen (secondary N) is 1. The fraction of sp³-hybridized carbons (Fsp3) is 0.310. The van der Waals surface area contributed by atoms with Gasteiger partial charge < -0.3 is 15.0 Å².